The second-order valence-corrected chi connectivity index (χ2v) is 13.1. The molecule has 0 saturated carbocycles. The Balaban J connectivity index is 0.000000188. The van der Waals surface area contributed by atoms with Crippen molar-refractivity contribution < 1.29 is 35.7 Å². The summed E-state index contributed by atoms with van der Waals surface area (Å²) in [5.41, 5.74) is 6.50. The van der Waals surface area contributed by atoms with E-state index in [4.69, 9.17) is 0 Å². The van der Waals surface area contributed by atoms with Gasteiger partial charge in [-0.25, -0.2) is 0 Å². The number of hydrogen-bond donors (Lipinski definition) is 7. The van der Waals surface area contributed by atoms with E-state index in [-0.39, 0.29) is 52.1 Å². The van der Waals surface area contributed by atoms with E-state index in [0.29, 0.717) is 0 Å². The molecule has 0 radical (unpaired) electrons. The number of rotatable bonds is 8. The fraction of sp³-hybridized carbons (Fsp3) is 0.0870. The first-order valence-corrected chi connectivity index (χ1v) is 17.1. The second-order valence-electron chi connectivity index (χ2n) is 13.1. The van der Waals surface area contributed by atoms with Crippen LogP contribution in [0.1, 0.15) is 57.7 Å². The Hall–Kier alpha value is -6.86. The minimum absolute atomic E-state index is 0.139. The lowest BCUT2D eigenvalue weighted by Crippen LogP contribution is -2.25. The van der Waals surface area contributed by atoms with E-state index in [1.807, 2.05) is 84.9 Å². The third-order valence-corrected chi connectivity index (χ3v) is 9.68. The molecule has 0 aliphatic carbocycles. The summed E-state index contributed by atoms with van der Waals surface area (Å²) in [6.07, 6.45) is 0. The number of phenols is 7. The molecule has 0 spiro atoms. The maximum Gasteiger partial charge on any atom is 0.115 e. The van der Waals surface area contributed by atoms with Crippen LogP contribution in [0, 0.1) is 0 Å². The van der Waals surface area contributed by atoms with Crippen molar-refractivity contribution in [2.24, 2.45) is 0 Å². The highest BCUT2D eigenvalue weighted by atomic mass is 16.3. The van der Waals surface area contributed by atoms with Crippen LogP contribution in [0.3, 0.4) is 0 Å². The van der Waals surface area contributed by atoms with Gasteiger partial charge in [0, 0.05) is 17.3 Å². The van der Waals surface area contributed by atoms with E-state index < -0.39 is 5.41 Å². The summed E-state index contributed by atoms with van der Waals surface area (Å²) in [5, 5.41) is 67.9. The maximum absolute atomic E-state index is 9.79. The van der Waals surface area contributed by atoms with Gasteiger partial charge >= 0.3 is 0 Å². The van der Waals surface area contributed by atoms with E-state index in [2.05, 4.69) is 6.92 Å². The molecule has 266 valence electrons. The van der Waals surface area contributed by atoms with E-state index in [1.165, 1.54) is 0 Å². The van der Waals surface area contributed by atoms with Gasteiger partial charge in [0.2, 0.25) is 0 Å². The van der Waals surface area contributed by atoms with Crippen LogP contribution < -0.4 is 0 Å². The molecule has 0 aliphatic heterocycles. The minimum Gasteiger partial charge on any atom is -0.508 e. The van der Waals surface area contributed by atoms with Crippen molar-refractivity contribution in [3.05, 3.63) is 209 Å². The number of phenolic OH excluding ortho intramolecular Hbond substituents is 7. The summed E-state index contributed by atoms with van der Waals surface area (Å²) >= 11 is 0. The third-order valence-electron chi connectivity index (χ3n) is 9.68. The smallest absolute Gasteiger partial charge is 0.115 e. The van der Waals surface area contributed by atoms with Gasteiger partial charge in [-0.3, -0.25) is 0 Å². The first-order valence-electron chi connectivity index (χ1n) is 17.1. The van der Waals surface area contributed by atoms with Gasteiger partial charge < -0.3 is 35.7 Å². The second kappa shape index (κ2) is 15.6. The average Bonchev–Trinajstić information content (AvgIpc) is 3.17. The van der Waals surface area contributed by atoms with Crippen LogP contribution in [0.4, 0.5) is 0 Å². The van der Waals surface area contributed by atoms with Crippen molar-refractivity contribution in [1.29, 1.82) is 0 Å². The van der Waals surface area contributed by atoms with Gasteiger partial charge in [-0.2, -0.15) is 0 Å². The summed E-state index contributed by atoms with van der Waals surface area (Å²) in [5.74, 6) is 1.12. The molecule has 7 heteroatoms. The van der Waals surface area contributed by atoms with E-state index >= 15 is 0 Å². The van der Waals surface area contributed by atoms with Gasteiger partial charge in [0.25, 0.3) is 0 Å². The van der Waals surface area contributed by atoms with Gasteiger partial charge in [0.15, 0.2) is 0 Å². The molecular weight excluding hydrogens is 664 g/mol. The molecule has 0 atom stereocenters. The molecule has 7 N–H and O–H groups in total. The number of benzene rings is 7. The molecule has 0 fully saturated rings. The molecule has 7 aromatic carbocycles. The average molecular weight is 705 g/mol. The predicted octanol–water partition coefficient (Wildman–Crippen LogP) is 9.63. The zero-order valence-corrected chi connectivity index (χ0v) is 29.0. The van der Waals surface area contributed by atoms with Crippen LogP contribution in [0.2, 0.25) is 0 Å². The summed E-state index contributed by atoms with van der Waals surface area (Å²) in [7, 11) is 0. The highest BCUT2D eigenvalue weighted by Gasteiger charge is 2.31. The lowest BCUT2D eigenvalue weighted by atomic mass is 9.71. The summed E-state index contributed by atoms with van der Waals surface area (Å²) in [6.45, 7) is 2.08. The molecule has 7 aromatic rings. The van der Waals surface area contributed by atoms with Crippen molar-refractivity contribution in [3.8, 4) is 40.2 Å². The third kappa shape index (κ3) is 8.21. The normalized spacial score (nSPS) is 11.2. The first-order chi connectivity index (χ1) is 25.5. The Bertz CT molecular complexity index is 1920. The summed E-state index contributed by atoms with van der Waals surface area (Å²) < 4.78 is 0. The standard InChI is InChI=1S/C26H22O4.C20H18O3/c27-21-9-1-17(2-10-21)25(18-3-11-22(28)12-4-18)26(19-5-13-23(29)14-6-19)20-7-15-24(30)16-8-20;1-20(14-2-8-17(21)9-3-14,15-4-10-18(22)11-5-15)16-6-12-19(23)13-7-16/h1-16,25-30H;2-13,21-23H,1H3. The van der Waals surface area contributed by atoms with Gasteiger partial charge in [-0.1, -0.05) is 84.9 Å². The topological polar surface area (TPSA) is 142 Å². The fourth-order valence-electron chi connectivity index (χ4n) is 6.77. The molecule has 0 aliphatic rings. The summed E-state index contributed by atoms with van der Waals surface area (Å²) in [6, 6.07) is 49.7. The highest BCUT2D eigenvalue weighted by molar-refractivity contribution is 5.52. The SMILES string of the molecule is CC(c1ccc(O)cc1)(c1ccc(O)cc1)c1ccc(O)cc1.Oc1ccc(C(c2ccc(O)cc2)C(c2ccc(O)cc2)c2ccc(O)cc2)cc1. The first kappa shape index (κ1) is 35.9. The highest BCUT2D eigenvalue weighted by Crippen LogP contribution is 2.44. The van der Waals surface area contributed by atoms with Crippen molar-refractivity contribution in [2.75, 3.05) is 0 Å². The van der Waals surface area contributed by atoms with Crippen molar-refractivity contribution in [2.45, 2.75) is 24.2 Å². The van der Waals surface area contributed by atoms with Gasteiger partial charge in [0.1, 0.15) is 40.2 Å². The van der Waals surface area contributed by atoms with Crippen molar-refractivity contribution in [1.82, 2.24) is 0 Å². The molecule has 0 saturated heterocycles. The molecule has 53 heavy (non-hydrogen) atoms. The van der Waals surface area contributed by atoms with Crippen LogP contribution in [-0.4, -0.2) is 35.7 Å². The molecule has 0 bridgehead atoms. The van der Waals surface area contributed by atoms with Crippen molar-refractivity contribution >= 4 is 0 Å². The lowest BCUT2D eigenvalue weighted by Gasteiger charge is -2.32. The Morgan fingerprint density at radius 2 is 0.415 bits per heavy atom. The quantitative estimate of drug-likeness (QED) is 0.0781. The minimum atomic E-state index is -0.477. The van der Waals surface area contributed by atoms with Gasteiger partial charge in [0.05, 0.1) is 0 Å². The molecule has 0 aromatic heterocycles. The van der Waals surface area contributed by atoms with Crippen LogP contribution in [-0.2, 0) is 5.41 Å². The Morgan fingerprint density at radius 1 is 0.264 bits per heavy atom. The fourth-order valence-corrected chi connectivity index (χ4v) is 6.77. The Morgan fingerprint density at radius 3 is 0.585 bits per heavy atom. The lowest BCUT2D eigenvalue weighted by molar-refractivity contribution is 0.473. The number of aromatic hydroxyl groups is 7. The predicted molar refractivity (Wildman–Crippen MR) is 206 cm³/mol. The summed E-state index contributed by atoms with van der Waals surface area (Å²) in [4.78, 5) is 0. The van der Waals surface area contributed by atoms with Gasteiger partial charge in [-0.15, -0.1) is 0 Å². The van der Waals surface area contributed by atoms with E-state index in [1.54, 1.807) is 84.9 Å². The van der Waals surface area contributed by atoms with E-state index in [9.17, 15) is 35.7 Å². The molecule has 7 rings (SSSR count). The molecule has 0 unspecified atom stereocenters. The molecule has 0 heterocycles. The zero-order valence-electron chi connectivity index (χ0n) is 29.0. The zero-order chi connectivity index (χ0) is 37.5. The van der Waals surface area contributed by atoms with Gasteiger partial charge in [-0.05, 0) is 131 Å². The van der Waals surface area contributed by atoms with Crippen LogP contribution in [0.15, 0.2) is 170 Å². The monoisotopic (exact) mass is 704 g/mol. The van der Waals surface area contributed by atoms with Crippen LogP contribution in [0.25, 0.3) is 0 Å². The largest absolute Gasteiger partial charge is 0.508 e. The maximum atomic E-state index is 9.79. The molecular formula is C46H40O7. The molecule has 0 amide bonds. The number of hydrogen-bond acceptors (Lipinski definition) is 7. The Kier molecular flexibility index (Phi) is 10.6. The molecule has 7 nitrogen and oxygen atoms in total. The van der Waals surface area contributed by atoms with Crippen molar-refractivity contribution in [3.63, 3.8) is 0 Å². The van der Waals surface area contributed by atoms with E-state index in [0.717, 1.165) is 38.9 Å². The van der Waals surface area contributed by atoms with Crippen LogP contribution >= 0.6 is 0 Å². The van der Waals surface area contributed by atoms with Crippen LogP contribution in [0.5, 0.6) is 40.2 Å². The Labute approximate surface area is 308 Å².